The number of aromatic hydroxyl groups is 1. The molecule has 6 rings (SSSR count). The molecule has 4 heterocycles. The van der Waals surface area contributed by atoms with Gasteiger partial charge in [-0.05, 0) is 48.9 Å². The summed E-state index contributed by atoms with van der Waals surface area (Å²) in [6.07, 6.45) is 2.30. The Labute approximate surface area is 214 Å². The number of carbonyl (C=O) groups is 1. The summed E-state index contributed by atoms with van der Waals surface area (Å²) >= 11 is 0. The van der Waals surface area contributed by atoms with Gasteiger partial charge in [-0.2, -0.15) is 9.97 Å². The van der Waals surface area contributed by atoms with Crippen molar-refractivity contribution in [2.75, 3.05) is 49.3 Å². The molecule has 0 spiro atoms. The smallest absolute Gasteiger partial charge is 0.318 e. The molecule has 0 saturated carbocycles. The lowest BCUT2D eigenvalue weighted by Crippen LogP contribution is -2.46. The predicted molar refractivity (Wildman–Crippen MR) is 137 cm³/mol. The summed E-state index contributed by atoms with van der Waals surface area (Å²) in [6.45, 7) is 5.96. The van der Waals surface area contributed by atoms with Gasteiger partial charge in [0.1, 0.15) is 29.6 Å². The van der Waals surface area contributed by atoms with Gasteiger partial charge in [0.15, 0.2) is 0 Å². The number of hydrogen-bond acceptors (Lipinski definition) is 8. The summed E-state index contributed by atoms with van der Waals surface area (Å²) in [4.78, 5) is 26.9. The van der Waals surface area contributed by atoms with E-state index < -0.39 is 0 Å². The number of ether oxygens (including phenoxy) is 2. The highest BCUT2D eigenvalue weighted by atomic mass is 19.1. The van der Waals surface area contributed by atoms with E-state index >= 15 is 0 Å². The zero-order valence-electron chi connectivity index (χ0n) is 20.8. The quantitative estimate of drug-likeness (QED) is 0.525. The number of hydrogen-bond donors (Lipinski definition) is 2. The highest BCUT2D eigenvalue weighted by Gasteiger charge is 2.37. The van der Waals surface area contributed by atoms with Crippen LogP contribution in [0.15, 0.2) is 24.3 Å². The molecular formula is C27H30FN5O4. The Morgan fingerprint density at radius 3 is 2.89 bits per heavy atom. The number of aromatic nitrogens is 2. The maximum atomic E-state index is 14.8. The second-order valence-corrected chi connectivity index (χ2v) is 9.69. The van der Waals surface area contributed by atoms with Gasteiger partial charge in [0.05, 0.1) is 24.5 Å². The number of amides is 1. The van der Waals surface area contributed by atoms with Crippen molar-refractivity contribution in [1.29, 1.82) is 0 Å². The first kappa shape index (κ1) is 23.9. The molecule has 0 aliphatic carbocycles. The number of aryl methyl sites for hydroxylation is 1. The Kier molecular flexibility index (Phi) is 6.29. The second kappa shape index (κ2) is 9.75. The average Bonchev–Trinajstić information content (AvgIpc) is 3.02. The van der Waals surface area contributed by atoms with E-state index in [0.717, 1.165) is 19.4 Å². The van der Waals surface area contributed by atoms with E-state index in [1.165, 1.54) is 12.1 Å². The third-order valence-corrected chi connectivity index (χ3v) is 7.35. The van der Waals surface area contributed by atoms with Crippen LogP contribution < -0.4 is 19.9 Å². The zero-order chi connectivity index (χ0) is 25.5. The molecule has 0 bridgehead atoms. The number of phenols is 1. The van der Waals surface area contributed by atoms with E-state index in [-0.39, 0.29) is 36.1 Å². The molecule has 9 nitrogen and oxygen atoms in total. The minimum Gasteiger partial charge on any atom is -0.508 e. The number of benzene rings is 2. The van der Waals surface area contributed by atoms with Gasteiger partial charge in [-0.15, -0.1) is 0 Å². The van der Waals surface area contributed by atoms with Crippen molar-refractivity contribution >= 4 is 28.2 Å². The van der Waals surface area contributed by atoms with E-state index in [2.05, 4.69) is 15.2 Å². The maximum absolute atomic E-state index is 14.8. The third kappa shape index (κ3) is 4.34. The normalized spacial score (nSPS) is 19.6. The lowest BCUT2D eigenvalue weighted by Gasteiger charge is -2.27. The molecule has 3 aliphatic heterocycles. The van der Waals surface area contributed by atoms with E-state index in [0.29, 0.717) is 78.4 Å². The molecule has 1 amide bonds. The topological polar surface area (TPSA) is 100 Å². The number of nitrogens with zero attached hydrogens (tertiary/aromatic N) is 4. The molecule has 0 unspecified atom stereocenters. The van der Waals surface area contributed by atoms with E-state index in [9.17, 15) is 14.3 Å². The molecule has 3 aromatic rings. The van der Waals surface area contributed by atoms with Crippen molar-refractivity contribution in [3.05, 3.63) is 46.9 Å². The van der Waals surface area contributed by atoms with Crippen LogP contribution in [0, 0.1) is 5.82 Å². The van der Waals surface area contributed by atoms with Crippen LogP contribution in [-0.2, 0) is 17.7 Å². The molecule has 37 heavy (non-hydrogen) atoms. The second-order valence-electron chi connectivity index (χ2n) is 9.69. The molecule has 10 heteroatoms. The number of carbonyl (C=O) groups excluding carboxylic acids is 1. The fourth-order valence-corrected chi connectivity index (χ4v) is 5.31. The summed E-state index contributed by atoms with van der Waals surface area (Å²) in [7, 11) is 0. The lowest BCUT2D eigenvalue weighted by molar-refractivity contribution is 0.0997. The fraction of sp³-hybridized carbons (Fsp3) is 0.444. The average molecular weight is 508 g/mol. The third-order valence-electron chi connectivity index (χ3n) is 7.35. The molecular weight excluding hydrogens is 477 g/mol. The molecule has 1 aromatic heterocycles. The van der Waals surface area contributed by atoms with Crippen LogP contribution in [0.4, 0.5) is 15.9 Å². The molecule has 2 fully saturated rings. The Morgan fingerprint density at radius 2 is 2.11 bits per heavy atom. The van der Waals surface area contributed by atoms with Crippen molar-refractivity contribution < 1.29 is 23.8 Å². The fourth-order valence-electron chi connectivity index (χ4n) is 5.31. The molecule has 194 valence electrons. The summed E-state index contributed by atoms with van der Waals surface area (Å²) in [5.74, 6) is -0.0733. The number of anilines is 2. The standard InChI is InChI=1S/C27H30FN5O4/c1-2-19-20(28)5-4-16-12-18(34)13-22(23(16)19)33-14-21-24(26(33)35)25(32-8-3-10-36-11-9-32)31-27(30-21)37-15-17-6-7-29-17/h4-5,12-13,17,29,34H,2-3,6-11,14-15H2,1H3/t17-/m0/s1. The monoisotopic (exact) mass is 507 g/mol. The van der Waals surface area contributed by atoms with Gasteiger partial charge in [-0.25, -0.2) is 4.39 Å². The van der Waals surface area contributed by atoms with Crippen LogP contribution in [0.1, 0.15) is 41.4 Å². The number of phenolic OH excluding ortho intramolecular Hbond substituents is 1. The van der Waals surface area contributed by atoms with Crippen LogP contribution in [0.2, 0.25) is 0 Å². The van der Waals surface area contributed by atoms with Crippen molar-refractivity contribution in [3.8, 4) is 11.8 Å². The summed E-state index contributed by atoms with van der Waals surface area (Å²) in [5.41, 5.74) is 1.94. The maximum Gasteiger partial charge on any atom is 0.318 e. The molecule has 2 saturated heterocycles. The van der Waals surface area contributed by atoms with Gasteiger partial charge >= 0.3 is 6.01 Å². The first-order chi connectivity index (χ1) is 18.0. The first-order valence-corrected chi connectivity index (χ1v) is 12.9. The van der Waals surface area contributed by atoms with Crippen LogP contribution in [-0.4, -0.2) is 66.5 Å². The van der Waals surface area contributed by atoms with Gasteiger partial charge in [0.25, 0.3) is 5.91 Å². The largest absolute Gasteiger partial charge is 0.508 e. The minimum atomic E-state index is -0.337. The summed E-state index contributed by atoms with van der Waals surface area (Å²) in [6, 6.07) is 6.65. The number of fused-ring (bicyclic) bond motifs is 2. The lowest BCUT2D eigenvalue weighted by atomic mass is 9.99. The van der Waals surface area contributed by atoms with Crippen LogP contribution >= 0.6 is 0 Å². The molecule has 1 atom stereocenters. The first-order valence-electron chi connectivity index (χ1n) is 12.9. The Bertz CT molecular complexity index is 1350. The summed E-state index contributed by atoms with van der Waals surface area (Å²) < 4.78 is 26.4. The van der Waals surface area contributed by atoms with Crippen LogP contribution in [0.3, 0.4) is 0 Å². The van der Waals surface area contributed by atoms with E-state index in [1.807, 2.05) is 6.92 Å². The van der Waals surface area contributed by atoms with Crippen LogP contribution in [0.25, 0.3) is 10.8 Å². The number of rotatable bonds is 6. The van der Waals surface area contributed by atoms with E-state index in [4.69, 9.17) is 14.5 Å². The number of nitrogens with one attached hydrogen (secondary N) is 1. The minimum absolute atomic E-state index is 0.00733. The Morgan fingerprint density at radius 1 is 1.24 bits per heavy atom. The SMILES string of the molecule is CCc1c(F)ccc2cc(O)cc(N3Cc4nc(OC[C@@H]5CCN5)nc(N5CCCOCC5)c4C3=O)c12. The zero-order valence-corrected chi connectivity index (χ0v) is 20.8. The Balaban J connectivity index is 1.44. The summed E-state index contributed by atoms with van der Waals surface area (Å²) in [5, 5.41) is 15.1. The van der Waals surface area contributed by atoms with Crippen molar-refractivity contribution in [2.45, 2.75) is 38.8 Å². The highest BCUT2D eigenvalue weighted by molar-refractivity contribution is 6.16. The van der Waals surface area contributed by atoms with Gasteiger partial charge in [-0.1, -0.05) is 13.0 Å². The van der Waals surface area contributed by atoms with Crippen molar-refractivity contribution in [1.82, 2.24) is 15.3 Å². The number of halogens is 1. The molecule has 2 N–H and O–H groups in total. The van der Waals surface area contributed by atoms with Gasteiger partial charge in [0, 0.05) is 37.2 Å². The van der Waals surface area contributed by atoms with Crippen molar-refractivity contribution in [3.63, 3.8) is 0 Å². The highest BCUT2D eigenvalue weighted by Crippen LogP contribution is 2.41. The van der Waals surface area contributed by atoms with Crippen molar-refractivity contribution in [2.24, 2.45) is 0 Å². The molecule has 3 aliphatic rings. The van der Waals surface area contributed by atoms with Gasteiger partial charge < -0.3 is 29.7 Å². The van der Waals surface area contributed by atoms with Crippen LogP contribution in [0.5, 0.6) is 11.8 Å². The van der Waals surface area contributed by atoms with Gasteiger partial charge in [0.2, 0.25) is 0 Å². The molecule has 2 aromatic carbocycles. The Hall–Kier alpha value is -3.50. The predicted octanol–water partition coefficient (Wildman–Crippen LogP) is 3.16. The molecule has 0 radical (unpaired) electrons. The van der Waals surface area contributed by atoms with E-state index in [1.54, 1.807) is 17.0 Å². The van der Waals surface area contributed by atoms with Gasteiger partial charge in [-0.3, -0.25) is 4.79 Å².